The number of nitrogens with one attached hydrogen (secondary N) is 1. The van der Waals surface area contributed by atoms with E-state index < -0.39 is 11.8 Å². The number of rotatable bonds is 6. The summed E-state index contributed by atoms with van der Waals surface area (Å²) >= 11 is 0. The molecular weight excluding hydrogens is 406 g/mol. The van der Waals surface area contributed by atoms with Crippen LogP contribution in [0.5, 0.6) is 0 Å². The van der Waals surface area contributed by atoms with E-state index >= 15 is 0 Å². The highest BCUT2D eigenvalue weighted by Crippen LogP contribution is 2.22. The minimum atomic E-state index is -0.705. The molecule has 3 N–H and O–H groups in total. The van der Waals surface area contributed by atoms with Gasteiger partial charge in [0.05, 0.1) is 11.1 Å². The number of anilines is 1. The molecule has 8 heteroatoms. The first-order chi connectivity index (χ1) is 15.5. The van der Waals surface area contributed by atoms with Crippen molar-refractivity contribution < 1.29 is 14.0 Å². The molecule has 0 bridgehead atoms. The number of hydrogen-bond donors (Lipinski definition) is 2. The summed E-state index contributed by atoms with van der Waals surface area (Å²) in [6.07, 6.45) is 1.47. The zero-order valence-electron chi connectivity index (χ0n) is 17.8. The largest absolute Gasteiger partial charge is 0.436 e. The maximum absolute atomic E-state index is 12.6. The lowest BCUT2D eigenvalue weighted by molar-refractivity contribution is 0.0946. The molecule has 0 saturated heterocycles. The Morgan fingerprint density at radius 2 is 1.84 bits per heavy atom. The zero-order valence-corrected chi connectivity index (χ0v) is 17.8. The topological polar surface area (TPSA) is 114 Å². The molecule has 0 atom stereocenters. The maximum atomic E-state index is 12.6. The number of nitrogens with zero attached hydrogens (tertiary/aromatic N) is 3. The predicted octanol–water partition coefficient (Wildman–Crippen LogP) is 3.17. The van der Waals surface area contributed by atoms with E-state index in [0.717, 1.165) is 29.7 Å². The zero-order chi connectivity index (χ0) is 22.7. The number of hydrogen-bond acceptors (Lipinski definition) is 6. The molecule has 4 aromatic rings. The van der Waals surface area contributed by atoms with Crippen molar-refractivity contribution in [1.29, 1.82) is 0 Å². The van der Waals surface area contributed by atoms with E-state index in [2.05, 4.69) is 34.3 Å². The standard InChI is InChI=1S/C24H23N5O3/c1-3-29(4-2)18-10-9-16-12-19(22(25)30)24(32-21(16)13-18)28-27-23(31)17-11-15-7-5-6-8-20(15)26-14-17/h5-14H,3-4H2,1-2H3,(H2,25,30)(H,27,31)/b28-24+. The van der Waals surface area contributed by atoms with Crippen molar-refractivity contribution in [1.82, 2.24) is 10.4 Å². The highest BCUT2D eigenvalue weighted by molar-refractivity contribution is 5.97. The maximum Gasteiger partial charge on any atom is 0.273 e. The first-order valence-electron chi connectivity index (χ1n) is 10.3. The molecule has 0 aliphatic rings. The number of benzene rings is 2. The lowest BCUT2D eigenvalue weighted by Gasteiger charge is -2.21. The molecule has 162 valence electrons. The summed E-state index contributed by atoms with van der Waals surface area (Å²) in [6, 6.07) is 16.5. The molecule has 0 radical (unpaired) electrons. The van der Waals surface area contributed by atoms with Gasteiger partial charge in [-0.2, -0.15) is 0 Å². The second-order valence-corrected chi connectivity index (χ2v) is 7.19. The van der Waals surface area contributed by atoms with E-state index in [1.807, 2.05) is 42.5 Å². The minimum Gasteiger partial charge on any atom is -0.436 e. The van der Waals surface area contributed by atoms with Crippen molar-refractivity contribution in [2.24, 2.45) is 10.8 Å². The number of pyridine rings is 1. The van der Waals surface area contributed by atoms with Crippen LogP contribution in [0.25, 0.3) is 21.9 Å². The van der Waals surface area contributed by atoms with Crippen molar-refractivity contribution in [3.63, 3.8) is 0 Å². The van der Waals surface area contributed by atoms with Gasteiger partial charge >= 0.3 is 0 Å². The van der Waals surface area contributed by atoms with Gasteiger partial charge in [-0.05, 0) is 44.2 Å². The number of primary amides is 1. The quantitative estimate of drug-likeness (QED) is 0.457. The third kappa shape index (κ3) is 4.15. The third-order valence-corrected chi connectivity index (χ3v) is 5.24. The van der Waals surface area contributed by atoms with Crippen LogP contribution < -0.4 is 21.6 Å². The van der Waals surface area contributed by atoms with Gasteiger partial charge in [-0.15, -0.1) is 5.10 Å². The first kappa shape index (κ1) is 21.0. The van der Waals surface area contributed by atoms with Gasteiger partial charge in [0.1, 0.15) is 11.1 Å². The van der Waals surface area contributed by atoms with Crippen molar-refractivity contribution in [2.45, 2.75) is 13.8 Å². The fourth-order valence-electron chi connectivity index (χ4n) is 3.51. The number of carbonyl (C=O) groups is 2. The first-order valence-corrected chi connectivity index (χ1v) is 10.3. The molecule has 2 amide bonds. The normalized spacial score (nSPS) is 11.6. The molecular formula is C24H23N5O3. The number of carbonyl (C=O) groups excluding carboxylic acids is 2. The third-order valence-electron chi connectivity index (χ3n) is 5.24. The summed E-state index contributed by atoms with van der Waals surface area (Å²) in [4.78, 5) is 31.0. The second-order valence-electron chi connectivity index (χ2n) is 7.19. The highest BCUT2D eigenvalue weighted by atomic mass is 16.3. The Hall–Kier alpha value is -4.20. The van der Waals surface area contributed by atoms with Gasteiger partial charge in [-0.25, -0.2) is 5.43 Å². The average Bonchev–Trinajstić information content (AvgIpc) is 2.82. The van der Waals surface area contributed by atoms with Crippen LogP contribution >= 0.6 is 0 Å². The van der Waals surface area contributed by atoms with Gasteiger partial charge in [0.25, 0.3) is 11.8 Å². The number of fused-ring (bicyclic) bond motifs is 2. The van der Waals surface area contributed by atoms with Crippen LogP contribution in [0.2, 0.25) is 0 Å². The number of para-hydroxylation sites is 1. The van der Waals surface area contributed by atoms with Gasteiger partial charge < -0.3 is 15.1 Å². The summed E-state index contributed by atoms with van der Waals surface area (Å²) in [5, 5.41) is 5.58. The van der Waals surface area contributed by atoms with Crippen LogP contribution in [0.15, 0.2) is 70.3 Å². The second kappa shape index (κ2) is 8.89. The molecule has 0 fully saturated rings. The molecule has 4 rings (SSSR count). The van der Waals surface area contributed by atoms with E-state index in [1.54, 1.807) is 12.1 Å². The average molecular weight is 429 g/mol. The van der Waals surface area contributed by atoms with Gasteiger partial charge in [0, 0.05) is 41.8 Å². The van der Waals surface area contributed by atoms with Crippen LogP contribution in [0.3, 0.4) is 0 Å². The summed E-state index contributed by atoms with van der Waals surface area (Å²) in [5.41, 5.74) is 10.6. The van der Waals surface area contributed by atoms with E-state index in [0.29, 0.717) is 16.5 Å². The van der Waals surface area contributed by atoms with Crippen LogP contribution in [0.1, 0.15) is 34.6 Å². The van der Waals surface area contributed by atoms with Gasteiger partial charge in [0.2, 0.25) is 5.55 Å². The summed E-state index contributed by atoms with van der Waals surface area (Å²) in [6.45, 7) is 5.82. The molecule has 0 aliphatic carbocycles. The molecule has 0 saturated carbocycles. The monoisotopic (exact) mass is 429 g/mol. The molecule has 2 aromatic carbocycles. The molecule has 0 aliphatic heterocycles. The van der Waals surface area contributed by atoms with E-state index in [-0.39, 0.29) is 11.1 Å². The predicted molar refractivity (Wildman–Crippen MR) is 123 cm³/mol. The van der Waals surface area contributed by atoms with E-state index in [4.69, 9.17) is 10.2 Å². The Morgan fingerprint density at radius 1 is 1.06 bits per heavy atom. The van der Waals surface area contributed by atoms with Crippen LogP contribution in [0.4, 0.5) is 5.69 Å². The van der Waals surface area contributed by atoms with Crippen LogP contribution in [0, 0.1) is 0 Å². The minimum absolute atomic E-state index is 0.0659. The molecule has 0 unspecified atom stereocenters. The van der Waals surface area contributed by atoms with E-state index in [1.165, 1.54) is 6.20 Å². The number of amides is 2. The highest BCUT2D eigenvalue weighted by Gasteiger charge is 2.12. The van der Waals surface area contributed by atoms with Crippen molar-refractivity contribution in [3.8, 4) is 0 Å². The molecule has 2 heterocycles. The Labute approximate surface area is 184 Å². The van der Waals surface area contributed by atoms with Gasteiger partial charge in [-0.1, -0.05) is 18.2 Å². The van der Waals surface area contributed by atoms with Crippen LogP contribution in [-0.2, 0) is 0 Å². The molecule has 2 aromatic heterocycles. The summed E-state index contributed by atoms with van der Waals surface area (Å²) in [7, 11) is 0. The van der Waals surface area contributed by atoms with E-state index in [9.17, 15) is 9.59 Å². The Kier molecular flexibility index (Phi) is 5.85. The number of nitrogens with two attached hydrogens (primary N) is 1. The van der Waals surface area contributed by atoms with Gasteiger partial charge in [-0.3, -0.25) is 14.6 Å². The Balaban J connectivity index is 1.72. The lowest BCUT2D eigenvalue weighted by Crippen LogP contribution is -2.27. The summed E-state index contributed by atoms with van der Waals surface area (Å²) in [5.74, 6) is -1.19. The van der Waals surface area contributed by atoms with Gasteiger partial charge in [0.15, 0.2) is 0 Å². The Bertz CT molecular complexity index is 1390. The number of aromatic nitrogens is 1. The fourth-order valence-corrected chi connectivity index (χ4v) is 3.51. The smallest absolute Gasteiger partial charge is 0.273 e. The van der Waals surface area contributed by atoms with Crippen LogP contribution in [-0.4, -0.2) is 29.9 Å². The lowest BCUT2D eigenvalue weighted by atomic mass is 10.1. The fraction of sp³-hybridized carbons (Fsp3) is 0.167. The summed E-state index contributed by atoms with van der Waals surface area (Å²) < 4.78 is 5.87. The van der Waals surface area contributed by atoms with Crippen molar-refractivity contribution in [2.75, 3.05) is 18.0 Å². The SMILES string of the molecule is CCN(CC)c1ccc2cc(C(N)=O)/c(=N\NC(=O)c3cnc4ccccc4c3)oc2c1. The van der Waals surface area contributed by atoms with Crippen molar-refractivity contribution >= 4 is 39.4 Å². The molecule has 8 nitrogen and oxygen atoms in total. The van der Waals surface area contributed by atoms with Crippen molar-refractivity contribution in [3.05, 3.63) is 77.5 Å². The Morgan fingerprint density at radius 3 is 2.59 bits per heavy atom. The molecule has 32 heavy (non-hydrogen) atoms. The molecule has 0 spiro atoms.